The molecular weight excluding hydrogens is 553 g/mol. The highest BCUT2D eigenvalue weighted by Crippen LogP contribution is 2.39. The van der Waals surface area contributed by atoms with E-state index in [4.69, 9.17) is 32.7 Å². The van der Waals surface area contributed by atoms with Crippen LogP contribution in [-0.4, -0.2) is 58.4 Å². The van der Waals surface area contributed by atoms with E-state index in [0.29, 0.717) is 21.3 Å². The molecule has 0 fully saturated rings. The molecule has 0 aliphatic heterocycles. The smallest absolute Gasteiger partial charge is 0.326 e. The maximum Gasteiger partial charge on any atom is 0.326 e. The van der Waals surface area contributed by atoms with Gasteiger partial charge in [0.05, 0.1) is 27.3 Å². The summed E-state index contributed by atoms with van der Waals surface area (Å²) in [6.45, 7) is 5.43. The molecule has 38 heavy (non-hydrogen) atoms. The summed E-state index contributed by atoms with van der Waals surface area (Å²) in [4.78, 5) is 55.1. The summed E-state index contributed by atoms with van der Waals surface area (Å²) >= 11 is 13.6. The van der Waals surface area contributed by atoms with Crippen LogP contribution in [0.25, 0.3) is 10.2 Å². The number of ether oxygens (including phenoxy) is 2. The fourth-order valence-corrected chi connectivity index (χ4v) is 5.96. The minimum absolute atomic E-state index is 0.282. The molecule has 0 spiro atoms. The number of hydrogen-bond acceptors (Lipinski definition) is 7. The van der Waals surface area contributed by atoms with E-state index >= 15 is 0 Å². The zero-order valence-electron chi connectivity index (χ0n) is 21.2. The minimum Gasteiger partial charge on any atom is -0.459 e. The zero-order chi connectivity index (χ0) is 27.8. The number of nitrogens with one attached hydrogen (secondary N) is 2. The number of esters is 2. The third kappa shape index (κ3) is 6.14. The van der Waals surface area contributed by atoms with Gasteiger partial charge in [-0.2, -0.15) is 0 Å². The maximum absolute atomic E-state index is 13.3. The van der Waals surface area contributed by atoms with Crippen molar-refractivity contribution in [2.24, 2.45) is 0 Å². The van der Waals surface area contributed by atoms with Crippen molar-refractivity contribution in [3.8, 4) is 0 Å². The number of thiophene rings is 1. The second-order valence-electron chi connectivity index (χ2n) is 9.93. The molecule has 1 aliphatic carbocycles. The molecule has 1 aromatic carbocycles. The van der Waals surface area contributed by atoms with Gasteiger partial charge in [0.2, 0.25) is 0 Å². The summed E-state index contributed by atoms with van der Waals surface area (Å²) in [6, 6.07) is 7.81. The number of nitrogens with zero attached hydrogens (tertiary/aromatic N) is 1. The van der Waals surface area contributed by atoms with Gasteiger partial charge >= 0.3 is 11.9 Å². The van der Waals surface area contributed by atoms with E-state index in [0.717, 1.165) is 15.8 Å². The lowest BCUT2D eigenvalue weighted by atomic mass is 10.0. The molecule has 2 aromatic heterocycles. The summed E-state index contributed by atoms with van der Waals surface area (Å²) < 4.78 is 11.6. The number of aromatic nitrogens is 1. The first-order valence-corrected chi connectivity index (χ1v) is 13.4. The Morgan fingerprint density at radius 2 is 1.89 bits per heavy atom. The van der Waals surface area contributed by atoms with Crippen LogP contribution in [0.4, 0.5) is 0 Å². The van der Waals surface area contributed by atoms with Gasteiger partial charge in [-0.15, -0.1) is 11.3 Å². The molecule has 0 saturated carbocycles. The van der Waals surface area contributed by atoms with Gasteiger partial charge in [0, 0.05) is 6.92 Å². The second kappa shape index (κ2) is 11.0. The lowest BCUT2D eigenvalue weighted by Gasteiger charge is -2.34. The lowest BCUT2D eigenvalue weighted by Crippen LogP contribution is -2.50. The number of halogens is 2. The van der Waals surface area contributed by atoms with Gasteiger partial charge in [0.15, 0.2) is 6.61 Å². The Kier molecular flexibility index (Phi) is 8.06. The van der Waals surface area contributed by atoms with Crippen molar-refractivity contribution < 1.29 is 28.7 Å². The number of rotatable bonds is 7. The van der Waals surface area contributed by atoms with E-state index in [1.54, 1.807) is 26.8 Å². The Balaban J connectivity index is 1.65. The Morgan fingerprint density at radius 3 is 2.55 bits per heavy atom. The van der Waals surface area contributed by atoms with Gasteiger partial charge in [-0.05, 0) is 44.4 Å². The number of aromatic amines is 1. The standard InChI is InChI=1S/C26H27Cl2N3O6S/c1-13(32)36-12-19(33)31(11-20(34)37-26(2,3)4)23-15-8-6-5-7-14(15)9-16(23)30-25(35)17-10-18-22(29-17)21(27)24(28)38-18/h5-8,10,16,23,29H,9,11-12H2,1-4H3,(H,30,35)/t16-,23-/m1/s1. The van der Waals surface area contributed by atoms with Crippen molar-refractivity contribution in [2.45, 2.75) is 51.8 Å². The number of fused-ring (bicyclic) bond motifs is 2. The Labute approximate surface area is 233 Å². The molecule has 202 valence electrons. The van der Waals surface area contributed by atoms with E-state index in [1.807, 2.05) is 24.3 Å². The maximum atomic E-state index is 13.3. The number of amides is 2. The molecule has 12 heteroatoms. The summed E-state index contributed by atoms with van der Waals surface area (Å²) in [6.07, 6.45) is 0.417. The highest BCUT2D eigenvalue weighted by atomic mass is 35.5. The summed E-state index contributed by atoms with van der Waals surface area (Å²) in [5.74, 6) is -2.25. The van der Waals surface area contributed by atoms with Gasteiger partial charge < -0.3 is 24.7 Å². The van der Waals surface area contributed by atoms with Crippen molar-refractivity contribution in [2.75, 3.05) is 13.2 Å². The highest BCUT2D eigenvalue weighted by molar-refractivity contribution is 7.23. The SMILES string of the molecule is CC(=O)OCC(=O)N(CC(=O)OC(C)(C)C)[C@@H]1c2ccccc2C[C@H]1NC(=O)c1cc2sc(Cl)c(Cl)c2[nH]1. The first kappa shape index (κ1) is 27.9. The number of carbonyl (C=O) groups is 4. The summed E-state index contributed by atoms with van der Waals surface area (Å²) in [5.41, 5.74) is 1.78. The highest BCUT2D eigenvalue weighted by Gasteiger charge is 2.41. The Bertz CT molecular complexity index is 1410. The topological polar surface area (TPSA) is 118 Å². The van der Waals surface area contributed by atoms with Crippen molar-refractivity contribution in [3.05, 3.63) is 56.5 Å². The van der Waals surface area contributed by atoms with Crippen LogP contribution in [0.5, 0.6) is 0 Å². The molecule has 2 atom stereocenters. The third-order valence-electron chi connectivity index (χ3n) is 5.90. The molecule has 3 aromatic rings. The van der Waals surface area contributed by atoms with Crippen LogP contribution < -0.4 is 5.32 Å². The van der Waals surface area contributed by atoms with Crippen molar-refractivity contribution in [3.63, 3.8) is 0 Å². The number of H-pyrrole nitrogens is 1. The molecule has 1 aliphatic rings. The monoisotopic (exact) mass is 579 g/mol. The van der Waals surface area contributed by atoms with E-state index in [1.165, 1.54) is 23.2 Å². The van der Waals surface area contributed by atoms with Crippen LogP contribution in [0, 0.1) is 0 Å². The molecule has 0 radical (unpaired) electrons. The molecule has 2 heterocycles. The van der Waals surface area contributed by atoms with Gasteiger partial charge in [0.25, 0.3) is 11.8 Å². The molecule has 0 unspecified atom stereocenters. The van der Waals surface area contributed by atoms with Crippen molar-refractivity contribution in [1.29, 1.82) is 0 Å². The van der Waals surface area contributed by atoms with Crippen LogP contribution in [0.15, 0.2) is 30.3 Å². The fraction of sp³-hybridized carbons (Fsp3) is 0.385. The number of hydrogen-bond donors (Lipinski definition) is 2. The zero-order valence-corrected chi connectivity index (χ0v) is 23.6. The fourth-order valence-electron chi connectivity index (χ4n) is 4.48. The van der Waals surface area contributed by atoms with Crippen molar-refractivity contribution in [1.82, 2.24) is 15.2 Å². The Hall–Kier alpha value is -3.08. The lowest BCUT2D eigenvalue weighted by molar-refractivity contribution is -0.162. The van der Waals surface area contributed by atoms with E-state index in [2.05, 4.69) is 10.3 Å². The summed E-state index contributed by atoms with van der Waals surface area (Å²) in [5, 5.41) is 3.35. The average molecular weight is 580 g/mol. The summed E-state index contributed by atoms with van der Waals surface area (Å²) in [7, 11) is 0. The second-order valence-corrected chi connectivity index (χ2v) is 12.0. The molecule has 0 saturated heterocycles. The normalized spacial score (nSPS) is 16.7. The molecular formula is C26H27Cl2N3O6S. The van der Waals surface area contributed by atoms with Gasteiger partial charge in [0.1, 0.15) is 22.2 Å². The average Bonchev–Trinajstić information content (AvgIpc) is 3.47. The molecule has 9 nitrogen and oxygen atoms in total. The molecule has 2 amide bonds. The van der Waals surface area contributed by atoms with E-state index in [9.17, 15) is 19.2 Å². The predicted molar refractivity (Wildman–Crippen MR) is 145 cm³/mol. The molecule has 4 rings (SSSR count). The predicted octanol–water partition coefficient (Wildman–Crippen LogP) is 4.67. The Morgan fingerprint density at radius 1 is 1.18 bits per heavy atom. The number of carbonyl (C=O) groups excluding carboxylic acids is 4. The molecule has 0 bridgehead atoms. The first-order valence-electron chi connectivity index (χ1n) is 11.8. The van der Waals surface area contributed by atoms with Gasteiger partial charge in [-0.1, -0.05) is 47.5 Å². The van der Waals surface area contributed by atoms with Crippen LogP contribution in [-0.2, 0) is 30.3 Å². The molecule has 2 N–H and O–H groups in total. The van der Waals surface area contributed by atoms with Crippen LogP contribution in [0.1, 0.15) is 55.4 Å². The van der Waals surface area contributed by atoms with Gasteiger partial charge in [-0.3, -0.25) is 19.2 Å². The van der Waals surface area contributed by atoms with Crippen LogP contribution in [0.3, 0.4) is 0 Å². The largest absolute Gasteiger partial charge is 0.459 e. The number of benzene rings is 1. The van der Waals surface area contributed by atoms with Crippen LogP contribution >= 0.6 is 34.5 Å². The van der Waals surface area contributed by atoms with Gasteiger partial charge in [-0.25, -0.2) is 0 Å². The third-order valence-corrected chi connectivity index (χ3v) is 7.84. The minimum atomic E-state index is -0.770. The quantitative estimate of drug-likeness (QED) is 0.393. The van der Waals surface area contributed by atoms with Crippen LogP contribution in [0.2, 0.25) is 9.36 Å². The first-order chi connectivity index (χ1) is 17.8. The van der Waals surface area contributed by atoms with E-state index in [-0.39, 0.29) is 5.69 Å². The van der Waals surface area contributed by atoms with Crippen molar-refractivity contribution >= 4 is 68.5 Å². The van der Waals surface area contributed by atoms with E-state index < -0.39 is 54.6 Å².